The van der Waals surface area contributed by atoms with Gasteiger partial charge in [-0.2, -0.15) is 0 Å². The van der Waals surface area contributed by atoms with E-state index >= 15 is 0 Å². The molecule has 1 unspecified atom stereocenters. The van der Waals surface area contributed by atoms with Crippen LogP contribution in [-0.2, 0) is 9.53 Å². The van der Waals surface area contributed by atoms with Crippen LogP contribution in [0.2, 0.25) is 0 Å². The van der Waals surface area contributed by atoms with Crippen molar-refractivity contribution in [1.29, 1.82) is 0 Å². The number of aliphatic hydroxyl groups excluding tert-OH is 1. The summed E-state index contributed by atoms with van der Waals surface area (Å²) in [4.78, 5) is 10.4. The summed E-state index contributed by atoms with van der Waals surface area (Å²) >= 11 is 6.14. The summed E-state index contributed by atoms with van der Waals surface area (Å²) in [6, 6.07) is 0. The van der Waals surface area contributed by atoms with Gasteiger partial charge in [0.05, 0.1) is 6.42 Å². The van der Waals surface area contributed by atoms with E-state index in [2.05, 4.69) is 36.6 Å². The second kappa shape index (κ2) is 2.21. The van der Waals surface area contributed by atoms with E-state index in [1.54, 1.807) is 0 Å². The summed E-state index contributed by atoms with van der Waals surface area (Å²) in [5.74, 6) is -0.406. The van der Waals surface area contributed by atoms with Crippen LogP contribution in [0.4, 0.5) is 0 Å². The topological polar surface area (TPSA) is 46.5 Å². The third-order valence-corrected chi connectivity index (χ3v) is 2.33. The van der Waals surface area contributed by atoms with E-state index in [9.17, 15) is 4.79 Å². The third-order valence-electron chi connectivity index (χ3n) is 0.984. The van der Waals surface area contributed by atoms with Crippen LogP contribution in [0.25, 0.3) is 0 Å². The summed E-state index contributed by atoms with van der Waals surface area (Å²) in [5, 5.41) is 8.89. The lowest BCUT2D eigenvalue weighted by molar-refractivity contribution is -0.153. The molecule has 1 atom stereocenters. The van der Waals surface area contributed by atoms with Gasteiger partial charge >= 0.3 is 5.97 Å². The number of rotatable bonds is 0. The number of aliphatic hydroxyl groups is 1. The summed E-state index contributed by atoms with van der Waals surface area (Å²) in [6.45, 7) is 0. The molecule has 0 radical (unpaired) electrons. The Kier molecular flexibility index (Phi) is 1.84. The molecular weight excluding hydrogens is 256 g/mol. The number of esters is 1. The Morgan fingerprint density at radius 2 is 2.33 bits per heavy atom. The van der Waals surface area contributed by atoms with Crippen molar-refractivity contribution in [3.63, 3.8) is 0 Å². The van der Waals surface area contributed by atoms with Crippen molar-refractivity contribution in [2.45, 2.75) is 15.9 Å². The molecule has 0 bridgehead atoms. The average Bonchev–Trinajstić information content (AvgIpc) is 1.79. The Morgan fingerprint density at radius 1 is 1.78 bits per heavy atom. The van der Waals surface area contributed by atoms with Crippen molar-refractivity contribution in [1.82, 2.24) is 0 Å². The zero-order valence-corrected chi connectivity index (χ0v) is 7.48. The molecule has 0 amide bonds. The van der Waals surface area contributed by atoms with Crippen LogP contribution in [0, 0.1) is 0 Å². The second-order valence-electron chi connectivity index (χ2n) is 1.78. The van der Waals surface area contributed by atoms with Gasteiger partial charge < -0.3 is 9.84 Å². The molecule has 3 nitrogen and oxygen atoms in total. The van der Waals surface area contributed by atoms with Crippen molar-refractivity contribution < 1.29 is 14.6 Å². The van der Waals surface area contributed by atoms with Gasteiger partial charge in [0.2, 0.25) is 6.29 Å². The summed E-state index contributed by atoms with van der Waals surface area (Å²) < 4.78 is 3.63. The van der Waals surface area contributed by atoms with Gasteiger partial charge in [-0.1, -0.05) is 31.9 Å². The largest absolute Gasteiger partial charge is 0.433 e. The minimum atomic E-state index is -1.08. The number of hydrogen-bond acceptors (Lipinski definition) is 3. The number of carbonyl (C=O) groups excluding carboxylic acids is 1. The molecular formula is C4H4Br2O3. The molecule has 52 valence electrons. The quantitative estimate of drug-likeness (QED) is 0.516. The van der Waals surface area contributed by atoms with Crippen LogP contribution in [0.3, 0.4) is 0 Å². The molecule has 1 saturated heterocycles. The normalized spacial score (nSPS) is 32.3. The molecule has 0 spiro atoms. The van der Waals surface area contributed by atoms with Crippen molar-refractivity contribution >= 4 is 37.8 Å². The van der Waals surface area contributed by atoms with Crippen molar-refractivity contribution in [3.8, 4) is 0 Å². The van der Waals surface area contributed by atoms with Crippen molar-refractivity contribution in [3.05, 3.63) is 0 Å². The van der Waals surface area contributed by atoms with Gasteiger partial charge in [0.25, 0.3) is 0 Å². The Balaban J connectivity index is 2.69. The van der Waals surface area contributed by atoms with E-state index in [0.29, 0.717) is 0 Å². The van der Waals surface area contributed by atoms with Gasteiger partial charge in [0, 0.05) is 0 Å². The van der Waals surface area contributed by atoms with E-state index < -0.39 is 15.5 Å². The number of hydrogen-bond donors (Lipinski definition) is 1. The highest BCUT2D eigenvalue weighted by Crippen LogP contribution is 2.39. The first-order valence-corrected chi connectivity index (χ1v) is 3.86. The third kappa shape index (κ3) is 1.45. The molecule has 0 saturated carbocycles. The van der Waals surface area contributed by atoms with Crippen molar-refractivity contribution in [2.24, 2.45) is 0 Å². The molecule has 1 fully saturated rings. The van der Waals surface area contributed by atoms with Crippen LogP contribution >= 0.6 is 31.9 Å². The molecule has 1 rings (SSSR count). The zero-order valence-electron chi connectivity index (χ0n) is 4.30. The number of carbonyl (C=O) groups is 1. The fourth-order valence-electron chi connectivity index (χ4n) is 0.532. The van der Waals surface area contributed by atoms with Crippen LogP contribution in [0.1, 0.15) is 6.42 Å². The lowest BCUT2D eigenvalue weighted by atomic mass is 10.3. The maximum atomic E-state index is 10.4. The fourth-order valence-corrected chi connectivity index (χ4v) is 1.18. The van der Waals surface area contributed by atoms with E-state index in [4.69, 9.17) is 5.11 Å². The first kappa shape index (κ1) is 7.50. The lowest BCUT2D eigenvalue weighted by Crippen LogP contribution is -2.23. The number of halogens is 2. The zero-order chi connectivity index (χ0) is 7.07. The standard InChI is InChI=1S/C4H4Br2O3/c5-4(6)1-2(7)9-3(4)8/h3,8H,1H2. The molecule has 0 aromatic heterocycles. The van der Waals surface area contributed by atoms with Gasteiger partial charge in [-0.15, -0.1) is 0 Å². The van der Waals surface area contributed by atoms with E-state index in [1.807, 2.05) is 0 Å². The number of cyclic esters (lactones) is 1. The van der Waals surface area contributed by atoms with Crippen LogP contribution < -0.4 is 0 Å². The first-order chi connectivity index (χ1) is 4.02. The molecule has 1 aliphatic heterocycles. The smallest absolute Gasteiger partial charge is 0.310 e. The highest BCUT2D eigenvalue weighted by Gasteiger charge is 2.44. The first-order valence-electron chi connectivity index (χ1n) is 2.28. The second-order valence-corrected chi connectivity index (χ2v) is 5.67. The molecule has 0 aromatic rings. The van der Waals surface area contributed by atoms with Crippen LogP contribution in [0.5, 0.6) is 0 Å². The van der Waals surface area contributed by atoms with Gasteiger partial charge in [-0.3, -0.25) is 4.79 Å². The van der Waals surface area contributed by atoms with Gasteiger partial charge in [-0.05, 0) is 0 Å². The molecule has 9 heavy (non-hydrogen) atoms. The Labute approximate surface area is 68.6 Å². The maximum absolute atomic E-state index is 10.4. The Morgan fingerprint density at radius 3 is 2.44 bits per heavy atom. The van der Waals surface area contributed by atoms with E-state index in [-0.39, 0.29) is 6.42 Å². The van der Waals surface area contributed by atoms with Gasteiger partial charge in [0.15, 0.2) is 3.23 Å². The van der Waals surface area contributed by atoms with E-state index in [0.717, 1.165) is 0 Å². The van der Waals surface area contributed by atoms with Gasteiger partial charge in [-0.25, -0.2) is 0 Å². The highest BCUT2D eigenvalue weighted by molar-refractivity contribution is 9.25. The summed E-state index contributed by atoms with van der Waals surface area (Å²) in [7, 11) is 0. The minimum Gasteiger partial charge on any atom is -0.433 e. The average molecular weight is 260 g/mol. The fraction of sp³-hybridized carbons (Fsp3) is 0.750. The predicted octanol–water partition coefficient (Wildman–Crippen LogP) is 0.738. The Bertz CT molecular complexity index is 145. The predicted molar refractivity (Wildman–Crippen MR) is 37.3 cm³/mol. The lowest BCUT2D eigenvalue weighted by Gasteiger charge is -2.12. The van der Waals surface area contributed by atoms with Crippen LogP contribution in [-0.4, -0.2) is 20.6 Å². The van der Waals surface area contributed by atoms with E-state index in [1.165, 1.54) is 0 Å². The van der Waals surface area contributed by atoms with Gasteiger partial charge in [0.1, 0.15) is 0 Å². The molecule has 5 heteroatoms. The molecule has 0 aliphatic carbocycles. The molecule has 1 aliphatic rings. The number of alkyl halides is 2. The number of ether oxygens (including phenoxy) is 1. The highest BCUT2D eigenvalue weighted by atomic mass is 79.9. The summed E-state index contributed by atoms with van der Waals surface area (Å²) in [6.07, 6.45) is -0.932. The molecule has 1 N–H and O–H groups in total. The monoisotopic (exact) mass is 258 g/mol. The van der Waals surface area contributed by atoms with Crippen LogP contribution in [0.15, 0.2) is 0 Å². The SMILES string of the molecule is O=C1CC(Br)(Br)C(O)O1. The maximum Gasteiger partial charge on any atom is 0.310 e. The Hall–Kier alpha value is 0.390. The molecule has 1 heterocycles. The summed E-state index contributed by atoms with van der Waals surface area (Å²) in [5.41, 5.74) is 0. The van der Waals surface area contributed by atoms with Crippen molar-refractivity contribution in [2.75, 3.05) is 0 Å². The molecule has 0 aromatic carbocycles. The minimum absolute atomic E-state index is 0.147.